The monoisotopic (exact) mass is 345 g/mol. The molecule has 1 N–H and O–H groups in total. The second-order valence-electron chi connectivity index (χ2n) is 5.54. The largest absolute Gasteiger partial charge is 0.416 e. The minimum atomic E-state index is -4.77. The van der Waals surface area contributed by atoms with Crippen molar-refractivity contribution in [1.82, 2.24) is 10.1 Å². The van der Waals surface area contributed by atoms with Crippen molar-refractivity contribution in [2.24, 2.45) is 0 Å². The van der Waals surface area contributed by atoms with E-state index >= 15 is 0 Å². The van der Waals surface area contributed by atoms with Gasteiger partial charge >= 0.3 is 6.18 Å². The van der Waals surface area contributed by atoms with Gasteiger partial charge in [-0.1, -0.05) is 17.3 Å². The number of halogens is 3. The first-order valence-corrected chi connectivity index (χ1v) is 6.88. The van der Waals surface area contributed by atoms with Crippen LogP contribution in [0.2, 0.25) is 0 Å². The maximum atomic E-state index is 12.6. The highest BCUT2D eigenvalue weighted by Crippen LogP contribution is 2.33. The Morgan fingerprint density at radius 1 is 1.38 bits per heavy atom. The summed E-state index contributed by atoms with van der Waals surface area (Å²) in [7, 11) is 0. The van der Waals surface area contributed by atoms with Gasteiger partial charge in [0.15, 0.2) is 5.60 Å². The molecule has 0 aliphatic heterocycles. The molecule has 0 bridgehead atoms. The number of aliphatic hydroxyl groups is 1. The molecule has 130 valence electrons. The van der Waals surface area contributed by atoms with Gasteiger partial charge in [0.05, 0.1) is 4.92 Å². The van der Waals surface area contributed by atoms with Crippen LogP contribution in [0.25, 0.3) is 11.4 Å². The van der Waals surface area contributed by atoms with Crippen molar-refractivity contribution in [2.45, 2.75) is 38.5 Å². The van der Waals surface area contributed by atoms with Gasteiger partial charge in [-0.2, -0.15) is 18.2 Å². The Bertz CT molecular complexity index is 756. The van der Waals surface area contributed by atoms with Gasteiger partial charge in [0.1, 0.15) is 0 Å². The van der Waals surface area contributed by atoms with Crippen molar-refractivity contribution >= 4 is 5.69 Å². The van der Waals surface area contributed by atoms with E-state index in [1.54, 1.807) is 13.0 Å². The van der Waals surface area contributed by atoms with Crippen LogP contribution in [0.5, 0.6) is 0 Å². The zero-order valence-electron chi connectivity index (χ0n) is 12.8. The summed E-state index contributed by atoms with van der Waals surface area (Å²) in [5, 5.41) is 23.9. The molecule has 0 fully saturated rings. The maximum absolute atomic E-state index is 12.6. The van der Waals surface area contributed by atoms with E-state index in [0.717, 1.165) is 0 Å². The van der Waals surface area contributed by atoms with Gasteiger partial charge in [0.25, 0.3) is 5.69 Å². The first kappa shape index (κ1) is 17.9. The van der Waals surface area contributed by atoms with Crippen LogP contribution in [0.4, 0.5) is 18.9 Å². The summed E-state index contributed by atoms with van der Waals surface area (Å²) in [5.41, 5.74) is -2.23. The second kappa shape index (κ2) is 6.19. The van der Waals surface area contributed by atoms with E-state index in [4.69, 9.17) is 4.52 Å². The number of nitro benzene ring substituents is 1. The smallest absolute Gasteiger partial charge is 0.381 e. The van der Waals surface area contributed by atoms with Crippen molar-refractivity contribution in [3.05, 3.63) is 39.8 Å². The van der Waals surface area contributed by atoms with Crippen LogP contribution in [0.3, 0.4) is 0 Å². The highest BCUT2D eigenvalue weighted by atomic mass is 19.4. The number of aryl methyl sites for hydroxylation is 2. The molecule has 1 atom stereocenters. The molecule has 1 aromatic carbocycles. The summed E-state index contributed by atoms with van der Waals surface area (Å²) in [6, 6.07) is 4.32. The van der Waals surface area contributed by atoms with Gasteiger partial charge in [0.2, 0.25) is 11.7 Å². The molecule has 2 aromatic rings. The Morgan fingerprint density at radius 3 is 2.62 bits per heavy atom. The fourth-order valence-corrected chi connectivity index (χ4v) is 1.91. The fourth-order valence-electron chi connectivity index (χ4n) is 1.91. The third kappa shape index (κ3) is 3.70. The third-order valence-corrected chi connectivity index (χ3v) is 3.57. The number of benzene rings is 1. The van der Waals surface area contributed by atoms with E-state index in [2.05, 4.69) is 10.1 Å². The highest BCUT2D eigenvalue weighted by molar-refractivity contribution is 5.60. The SMILES string of the molecule is Cc1ccc(-c2noc(CCC(C)(O)C(F)(F)F)n2)cc1[N+](=O)[O-]. The molecule has 0 spiro atoms. The molecule has 24 heavy (non-hydrogen) atoms. The second-order valence-corrected chi connectivity index (χ2v) is 5.54. The van der Waals surface area contributed by atoms with Crippen molar-refractivity contribution < 1.29 is 27.7 Å². The molecule has 0 aliphatic carbocycles. The Labute approximate surface area is 134 Å². The van der Waals surface area contributed by atoms with Crippen LogP contribution in [0.15, 0.2) is 22.7 Å². The number of alkyl halides is 3. The maximum Gasteiger partial charge on any atom is 0.416 e. The molecule has 0 aliphatic rings. The summed E-state index contributed by atoms with van der Waals surface area (Å²) in [6.45, 7) is 2.23. The Kier molecular flexibility index (Phi) is 4.61. The van der Waals surface area contributed by atoms with Gasteiger partial charge in [-0.25, -0.2) is 0 Å². The lowest BCUT2D eigenvalue weighted by atomic mass is 10.00. The minimum Gasteiger partial charge on any atom is -0.381 e. The lowest BCUT2D eigenvalue weighted by Gasteiger charge is -2.25. The number of aromatic nitrogens is 2. The highest BCUT2D eigenvalue weighted by Gasteiger charge is 2.49. The first-order chi connectivity index (χ1) is 11.0. The van der Waals surface area contributed by atoms with E-state index in [9.17, 15) is 28.4 Å². The van der Waals surface area contributed by atoms with E-state index in [0.29, 0.717) is 18.1 Å². The van der Waals surface area contributed by atoms with Gasteiger partial charge in [-0.05, 0) is 20.3 Å². The molecule has 0 saturated carbocycles. The van der Waals surface area contributed by atoms with Crippen molar-refractivity contribution in [3.8, 4) is 11.4 Å². The molecule has 1 unspecified atom stereocenters. The number of hydrogen-bond donors (Lipinski definition) is 1. The van der Waals surface area contributed by atoms with Crippen LogP contribution >= 0.6 is 0 Å². The number of nitro groups is 1. The van der Waals surface area contributed by atoms with Crippen LogP contribution in [-0.2, 0) is 6.42 Å². The summed E-state index contributed by atoms with van der Waals surface area (Å²) in [5.74, 6) is -0.0718. The van der Waals surface area contributed by atoms with Crippen LogP contribution in [0.1, 0.15) is 24.8 Å². The fraction of sp³-hybridized carbons (Fsp3) is 0.429. The molecule has 7 nitrogen and oxygen atoms in total. The number of hydrogen-bond acceptors (Lipinski definition) is 6. The third-order valence-electron chi connectivity index (χ3n) is 3.57. The molecular formula is C14H14F3N3O4. The van der Waals surface area contributed by atoms with Gasteiger partial charge in [-0.15, -0.1) is 0 Å². The molecule has 0 amide bonds. The van der Waals surface area contributed by atoms with Crippen LogP contribution < -0.4 is 0 Å². The quantitative estimate of drug-likeness (QED) is 0.659. The molecular weight excluding hydrogens is 331 g/mol. The zero-order chi connectivity index (χ0) is 18.1. The van der Waals surface area contributed by atoms with Gasteiger partial charge < -0.3 is 9.63 Å². The average molecular weight is 345 g/mol. The predicted molar refractivity (Wildman–Crippen MR) is 76.1 cm³/mol. The van der Waals surface area contributed by atoms with E-state index < -0.39 is 23.1 Å². The van der Waals surface area contributed by atoms with E-state index in [-0.39, 0.29) is 23.8 Å². The lowest BCUT2D eigenvalue weighted by molar-refractivity contribution is -0.385. The summed E-state index contributed by atoms with van der Waals surface area (Å²) >= 11 is 0. The van der Waals surface area contributed by atoms with Crippen LogP contribution in [-0.4, -0.2) is 31.9 Å². The normalized spacial score (nSPS) is 14.4. The number of rotatable bonds is 5. The molecule has 10 heteroatoms. The average Bonchev–Trinajstić information content (AvgIpc) is 2.93. The molecule has 0 saturated heterocycles. The lowest BCUT2D eigenvalue weighted by Crippen LogP contribution is -2.42. The van der Waals surface area contributed by atoms with Gasteiger partial charge in [-0.3, -0.25) is 10.1 Å². The van der Waals surface area contributed by atoms with E-state index in [1.807, 2.05) is 0 Å². The number of nitrogens with zero attached hydrogens (tertiary/aromatic N) is 3. The Hall–Kier alpha value is -2.49. The standard InChI is InChI=1S/C14H14F3N3O4/c1-8-3-4-9(7-10(8)20(22)23)12-18-11(24-19-12)5-6-13(2,21)14(15,16)17/h3-4,7,21H,5-6H2,1-2H3. The topological polar surface area (TPSA) is 102 Å². The summed E-state index contributed by atoms with van der Waals surface area (Å²) in [6.07, 6.45) is -5.70. The van der Waals surface area contributed by atoms with E-state index in [1.165, 1.54) is 12.1 Å². The van der Waals surface area contributed by atoms with Crippen LogP contribution in [0, 0.1) is 17.0 Å². The molecule has 1 heterocycles. The minimum absolute atomic E-state index is 0.0275. The van der Waals surface area contributed by atoms with Crippen molar-refractivity contribution in [2.75, 3.05) is 0 Å². The summed E-state index contributed by atoms with van der Waals surface area (Å²) in [4.78, 5) is 14.3. The van der Waals surface area contributed by atoms with Crippen molar-refractivity contribution in [1.29, 1.82) is 0 Å². The first-order valence-electron chi connectivity index (χ1n) is 6.88. The Morgan fingerprint density at radius 2 is 2.04 bits per heavy atom. The summed E-state index contributed by atoms with van der Waals surface area (Å²) < 4.78 is 42.6. The molecule has 1 aromatic heterocycles. The molecule has 2 rings (SSSR count). The predicted octanol–water partition coefficient (Wildman–Crippen LogP) is 3.20. The van der Waals surface area contributed by atoms with Gasteiger partial charge in [0, 0.05) is 23.6 Å². The Balaban J connectivity index is 2.17. The zero-order valence-corrected chi connectivity index (χ0v) is 12.8. The van der Waals surface area contributed by atoms with Crippen molar-refractivity contribution in [3.63, 3.8) is 0 Å². The molecule has 0 radical (unpaired) electrons.